The molecule has 4 nitrogen and oxygen atoms in total. The smallest absolute Gasteiger partial charge is 0.296 e. The number of nitrogens with zero attached hydrogens (tertiary/aromatic N) is 2. The monoisotopic (exact) mass is 259 g/mol. The molecule has 5 heteroatoms. The minimum Gasteiger partial charge on any atom is -0.424 e. The van der Waals surface area contributed by atoms with Gasteiger partial charge in [0.1, 0.15) is 10.5 Å². The van der Waals surface area contributed by atoms with Crippen molar-refractivity contribution in [2.24, 2.45) is 0 Å². The summed E-state index contributed by atoms with van der Waals surface area (Å²) in [7, 11) is 0. The zero-order chi connectivity index (χ0) is 12.4. The fourth-order valence-electron chi connectivity index (χ4n) is 1.83. The zero-order valence-corrected chi connectivity index (χ0v) is 10.8. The van der Waals surface area contributed by atoms with Crippen LogP contribution in [0.15, 0.2) is 40.3 Å². The molecule has 2 aromatic heterocycles. The van der Waals surface area contributed by atoms with Crippen molar-refractivity contribution >= 4 is 28.5 Å². The van der Waals surface area contributed by atoms with E-state index in [4.69, 9.17) is 4.42 Å². The summed E-state index contributed by atoms with van der Waals surface area (Å²) in [5, 5.41) is 6.32. The van der Waals surface area contributed by atoms with Gasteiger partial charge in [0.2, 0.25) is 0 Å². The Morgan fingerprint density at radius 3 is 3.00 bits per heavy atom. The molecule has 0 fully saturated rings. The van der Waals surface area contributed by atoms with E-state index in [2.05, 4.69) is 22.2 Å². The third kappa shape index (κ3) is 2.09. The lowest BCUT2D eigenvalue weighted by atomic mass is 10.2. The molecule has 0 bridgehead atoms. The molecule has 3 rings (SSSR count). The van der Waals surface area contributed by atoms with Gasteiger partial charge in [-0.3, -0.25) is 0 Å². The van der Waals surface area contributed by atoms with E-state index in [1.807, 2.05) is 35.8 Å². The molecular weight excluding hydrogens is 246 g/mol. The van der Waals surface area contributed by atoms with Gasteiger partial charge < -0.3 is 9.73 Å². The number of aromatic nitrogens is 2. The highest BCUT2D eigenvalue weighted by Crippen LogP contribution is 2.25. The summed E-state index contributed by atoms with van der Waals surface area (Å²) in [6.45, 7) is 2.11. The Kier molecular flexibility index (Phi) is 2.98. The molecule has 1 N–H and O–H groups in total. The molecule has 0 aliphatic heterocycles. The van der Waals surface area contributed by atoms with Crippen LogP contribution in [0.3, 0.4) is 0 Å². The number of benzene rings is 1. The van der Waals surface area contributed by atoms with E-state index >= 15 is 0 Å². The van der Waals surface area contributed by atoms with Gasteiger partial charge in [0, 0.05) is 11.6 Å². The number of fused-ring (bicyclic) bond motifs is 1. The van der Waals surface area contributed by atoms with Gasteiger partial charge in [-0.15, -0.1) is 11.3 Å². The van der Waals surface area contributed by atoms with Gasteiger partial charge >= 0.3 is 0 Å². The molecule has 1 aromatic carbocycles. The maximum atomic E-state index is 5.65. The van der Waals surface area contributed by atoms with Crippen molar-refractivity contribution in [3.63, 3.8) is 0 Å². The lowest BCUT2D eigenvalue weighted by molar-refractivity contribution is 0.592. The van der Waals surface area contributed by atoms with Gasteiger partial charge in [0.05, 0.1) is 6.04 Å². The van der Waals surface area contributed by atoms with Gasteiger partial charge in [-0.2, -0.15) is 4.98 Å². The number of hydrogen-bond acceptors (Lipinski definition) is 5. The molecule has 0 saturated heterocycles. The van der Waals surface area contributed by atoms with E-state index in [0.29, 0.717) is 6.01 Å². The SMILES string of the molecule is CCC(Nc1nc2ccccc2o1)c1nccs1. The molecule has 0 radical (unpaired) electrons. The minimum atomic E-state index is 0.151. The van der Waals surface area contributed by atoms with E-state index in [1.165, 1.54) is 0 Å². The van der Waals surface area contributed by atoms with Crippen LogP contribution in [-0.4, -0.2) is 9.97 Å². The third-order valence-electron chi connectivity index (χ3n) is 2.75. The van der Waals surface area contributed by atoms with Crippen molar-refractivity contribution in [1.82, 2.24) is 9.97 Å². The molecule has 1 unspecified atom stereocenters. The third-order valence-corrected chi connectivity index (χ3v) is 3.64. The van der Waals surface area contributed by atoms with Crippen LogP contribution in [-0.2, 0) is 0 Å². The molecule has 0 aliphatic rings. The van der Waals surface area contributed by atoms with Crippen LogP contribution >= 0.6 is 11.3 Å². The first-order valence-electron chi connectivity index (χ1n) is 5.88. The molecule has 0 saturated carbocycles. The molecule has 0 spiro atoms. The lowest BCUT2D eigenvalue weighted by Crippen LogP contribution is -2.09. The minimum absolute atomic E-state index is 0.151. The van der Waals surface area contributed by atoms with Crippen molar-refractivity contribution in [3.05, 3.63) is 40.8 Å². The second kappa shape index (κ2) is 4.78. The van der Waals surface area contributed by atoms with Crippen molar-refractivity contribution in [1.29, 1.82) is 0 Å². The van der Waals surface area contributed by atoms with Gasteiger partial charge in [-0.25, -0.2) is 4.98 Å². The number of hydrogen-bond donors (Lipinski definition) is 1. The number of anilines is 1. The maximum Gasteiger partial charge on any atom is 0.296 e. The van der Waals surface area contributed by atoms with Gasteiger partial charge in [0.15, 0.2) is 5.58 Å². The average molecular weight is 259 g/mol. The summed E-state index contributed by atoms with van der Waals surface area (Å²) in [4.78, 5) is 8.73. The van der Waals surface area contributed by atoms with Crippen LogP contribution in [0.5, 0.6) is 0 Å². The van der Waals surface area contributed by atoms with E-state index in [-0.39, 0.29) is 6.04 Å². The van der Waals surface area contributed by atoms with Crippen LogP contribution in [0.1, 0.15) is 24.4 Å². The fourth-order valence-corrected chi connectivity index (χ4v) is 2.60. The molecular formula is C13H13N3OS. The first kappa shape index (κ1) is 11.2. The molecule has 18 heavy (non-hydrogen) atoms. The number of nitrogens with one attached hydrogen (secondary N) is 1. The zero-order valence-electron chi connectivity index (χ0n) is 9.96. The van der Waals surface area contributed by atoms with Gasteiger partial charge in [-0.05, 0) is 18.6 Å². The average Bonchev–Trinajstić information content (AvgIpc) is 3.04. The van der Waals surface area contributed by atoms with Crippen molar-refractivity contribution in [2.45, 2.75) is 19.4 Å². The Labute approximate surface area is 109 Å². The van der Waals surface area contributed by atoms with Crippen molar-refractivity contribution < 1.29 is 4.42 Å². The van der Waals surface area contributed by atoms with E-state index in [9.17, 15) is 0 Å². The van der Waals surface area contributed by atoms with Crippen LogP contribution < -0.4 is 5.32 Å². The number of thiazole rings is 1. The van der Waals surface area contributed by atoms with E-state index in [0.717, 1.165) is 22.5 Å². The molecule has 92 valence electrons. The van der Waals surface area contributed by atoms with Crippen LogP contribution in [0.2, 0.25) is 0 Å². The maximum absolute atomic E-state index is 5.65. The summed E-state index contributed by atoms with van der Waals surface area (Å²) in [5.74, 6) is 0. The normalized spacial score (nSPS) is 12.7. The molecule has 3 aromatic rings. The summed E-state index contributed by atoms with van der Waals surface area (Å²) in [6.07, 6.45) is 2.75. The second-order valence-corrected chi connectivity index (χ2v) is 4.89. The molecule has 2 heterocycles. The summed E-state index contributed by atoms with van der Waals surface area (Å²) in [5.41, 5.74) is 1.67. The highest BCUT2D eigenvalue weighted by atomic mass is 32.1. The second-order valence-electron chi connectivity index (χ2n) is 3.96. The van der Waals surface area contributed by atoms with Crippen molar-refractivity contribution in [3.8, 4) is 0 Å². The predicted molar refractivity (Wildman–Crippen MR) is 72.8 cm³/mol. The fraction of sp³-hybridized carbons (Fsp3) is 0.231. The number of para-hydroxylation sites is 2. The summed E-state index contributed by atoms with van der Waals surface area (Å²) >= 11 is 1.64. The van der Waals surface area contributed by atoms with Crippen molar-refractivity contribution in [2.75, 3.05) is 5.32 Å². The first-order chi connectivity index (χ1) is 8.86. The largest absolute Gasteiger partial charge is 0.424 e. The van der Waals surface area contributed by atoms with Gasteiger partial charge in [-0.1, -0.05) is 19.1 Å². The topological polar surface area (TPSA) is 51.0 Å². The van der Waals surface area contributed by atoms with Crippen LogP contribution in [0, 0.1) is 0 Å². The molecule has 0 amide bonds. The molecule has 0 aliphatic carbocycles. The van der Waals surface area contributed by atoms with Gasteiger partial charge in [0.25, 0.3) is 6.01 Å². The summed E-state index contributed by atoms with van der Waals surface area (Å²) < 4.78 is 5.65. The van der Waals surface area contributed by atoms with E-state index < -0.39 is 0 Å². The standard InChI is InChI=1S/C13H13N3OS/c1-2-9(12-14-7-8-18-12)15-13-16-10-5-3-4-6-11(10)17-13/h3-9H,2H2,1H3,(H,15,16). The number of oxazole rings is 1. The highest BCUT2D eigenvalue weighted by Gasteiger charge is 2.14. The Bertz CT molecular complexity index is 600. The Morgan fingerprint density at radius 2 is 2.28 bits per heavy atom. The quantitative estimate of drug-likeness (QED) is 0.773. The van der Waals surface area contributed by atoms with Crippen LogP contribution in [0.4, 0.5) is 6.01 Å². The highest BCUT2D eigenvalue weighted by molar-refractivity contribution is 7.09. The number of rotatable bonds is 4. The predicted octanol–water partition coefficient (Wildman–Crippen LogP) is 3.85. The Morgan fingerprint density at radius 1 is 1.39 bits per heavy atom. The molecule has 1 atom stereocenters. The summed E-state index contributed by atoms with van der Waals surface area (Å²) in [6, 6.07) is 8.45. The Balaban J connectivity index is 1.86. The van der Waals surface area contributed by atoms with E-state index in [1.54, 1.807) is 11.3 Å². The Hall–Kier alpha value is -1.88. The lowest BCUT2D eigenvalue weighted by Gasteiger charge is -2.11. The first-order valence-corrected chi connectivity index (χ1v) is 6.76. The van der Waals surface area contributed by atoms with Crippen LogP contribution in [0.25, 0.3) is 11.1 Å².